The molecule has 0 aliphatic carbocycles. The quantitative estimate of drug-likeness (QED) is 0.527. The number of esters is 1. The van der Waals surface area contributed by atoms with Crippen molar-refractivity contribution in [3.05, 3.63) is 42.5 Å². The van der Waals surface area contributed by atoms with Gasteiger partial charge >= 0.3 is 5.97 Å². The molecule has 8 nitrogen and oxygen atoms in total. The van der Waals surface area contributed by atoms with E-state index in [4.69, 9.17) is 14.2 Å². The van der Waals surface area contributed by atoms with E-state index in [1.165, 1.54) is 6.92 Å². The van der Waals surface area contributed by atoms with E-state index in [-0.39, 0.29) is 18.9 Å². The monoisotopic (exact) mass is 456 g/mol. The van der Waals surface area contributed by atoms with Crippen LogP contribution in [0.4, 0.5) is 11.4 Å². The molecule has 1 fully saturated rings. The molecule has 2 heterocycles. The Hall–Kier alpha value is -3.20. The molecule has 0 bridgehead atoms. The largest absolute Gasteiger partial charge is 0.486 e. The number of nitrogens with one attached hydrogen (secondary N) is 1. The van der Waals surface area contributed by atoms with Gasteiger partial charge in [0.15, 0.2) is 17.6 Å². The Kier molecular flexibility index (Phi) is 6.55. The first kappa shape index (κ1) is 22.0. The van der Waals surface area contributed by atoms with Crippen molar-refractivity contribution in [3.63, 3.8) is 0 Å². The van der Waals surface area contributed by atoms with Crippen LogP contribution in [0.25, 0.3) is 0 Å². The molecule has 2 aliphatic heterocycles. The average molecular weight is 457 g/mol. The first-order valence-electron chi connectivity index (χ1n) is 10.3. The Morgan fingerprint density at radius 3 is 2.72 bits per heavy atom. The molecular formula is C23H24N2O6S. The van der Waals surface area contributed by atoms with Gasteiger partial charge in [-0.1, -0.05) is 6.07 Å². The van der Waals surface area contributed by atoms with Crippen LogP contribution in [-0.2, 0) is 19.1 Å². The Morgan fingerprint density at radius 2 is 1.94 bits per heavy atom. The average Bonchev–Trinajstić information content (AvgIpc) is 3.20. The molecular weight excluding hydrogens is 432 g/mol. The third-order valence-electron chi connectivity index (χ3n) is 5.30. The molecule has 168 valence electrons. The van der Waals surface area contributed by atoms with Crippen LogP contribution in [0, 0.1) is 5.92 Å². The lowest BCUT2D eigenvalue weighted by molar-refractivity contribution is -0.157. The number of nitrogens with zero attached hydrogens (tertiary/aromatic N) is 1. The van der Waals surface area contributed by atoms with Gasteiger partial charge in [-0.05, 0) is 43.5 Å². The highest BCUT2D eigenvalue weighted by Gasteiger charge is 2.37. The van der Waals surface area contributed by atoms with Crippen molar-refractivity contribution in [2.75, 3.05) is 36.2 Å². The highest BCUT2D eigenvalue weighted by molar-refractivity contribution is 7.98. The number of rotatable bonds is 6. The molecule has 0 radical (unpaired) electrons. The van der Waals surface area contributed by atoms with Crippen molar-refractivity contribution in [1.29, 1.82) is 0 Å². The van der Waals surface area contributed by atoms with Crippen molar-refractivity contribution in [1.82, 2.24) is 0 Å². The fraction of sp³-hybridized carbons (Fsp3) is 0.348. The summed E-state index contributed by atoms with van der Waals surface area (Å²) in [7, 11) is 0. The van der Waals surface area contributed by atoms with Gasteiger partial charge in [-0.3, -0.25) is 14.4 Å². The lowest BCUT2D eigenvalue weighted by atomic mass is 10.1. The maximum atomic E-state index is 12.6. The van der Waals surface area contributed by atoms with E-state index in [2.05, 4.69) is 5.32 Å². The zero-order valence-corrected chi connectivity index (χ0v) is 18.6. The number of thioether (sulfide) groups is 1. The number of hydrogen-bond acceptors (Lipinski definition) is 7. The maximum absolute atomic E-state index is 12.6. The minimum atomic E-state index is -1.01. The van der Waals surface area contributed by atoms with Crippen LogP contribution in [-0.4, -0.2) is 49.9 Å². The van der Waals surface area contributed by atoms with Gasteiger partial charge in [0.05, 0.1) is 5.92 Å². The minimum absolute atomic E-state index is 0.0544. The zero-order valence-electron chi connectivity index (χ0n) is 17.8. The second-order valence-electron chi connectivity index (χ2n) is 7.53. The summed E-state index contributed by atoms with van der Waals surface area (Å²) in [5.74, 6) is -0.625. The summed E-state index contributed by atoms with van der Waals surface area (Å²) in [4.78, 5) is 40.2. The highest BCUT2D eigenvalue weighted by atomic mass is 32.2. The fourth-order valence-electron chi connectivity index (χ4n) is 3.58. The van der Waals surface area contributed by atoms with Crippen LogP contribution in [0.15, 0.2) is 47.4 Å². The topological polar surface area (TPSA) is 94.2 Å². The summed E-state index contributed by atoms with van der Waals surface area (Å²) in [6.07, 6.45) is 1.00. The molecule has 2 aliphatic rings. The number of benzene rings is 2. The molecule has 0 spiro atoms. The molecule has 1 saturated heterocycles. The maximum Gasteiger partial charge on any atom is 0.312 e. The summed E-state index contributed by atoms with van der Waals surface area (Å²) in [6.45, 7) is 2.65. The van der Waals surface area contributed by atoms with E-state index in [0.717, 1.165) is 10.6 Å². The van der Waals surface area contributed by atoms with E-state index in [1.807, 2.05) is 30.5 Å². The lowest BCUT2D eigenvalue weighted by Gasteiger charge is -2.20. The Morgan fingerprint density at radius 1 is 1.16 bits per heavy atom. The van der Waals surface area contributed by atoms with Gasteiger partial charge in [-0.25, -0.2) is 0 Å². The van der Waals surface area contributed by atoms with E-state index < -0.39 is 23.9 Å². The van der Waals surface area contributed by atoms with Crippen LogP contribution in [0.3, 0.4) is 0 Å². The van der Waals surface area contributed by atoms with Crippen molar-refractivity contribution in [2.24, 2.45) is 5.92 Å². The SMILES string of the molecule is CSc1cccc(N2C[C@@H](C(=O)O[C@@H](C)C(=O)Nc3ccc4c(c3)OCCO4)CC2=O)c1. The minimum Gasteiger partial charge on any atom is -0.486 e. The number of carbonyl (C=O) groups excluding carboxylic acids is 3. The normalized spacial score (nSPS) is 18.2. The van der Waals surface area contributed by atoms with Crippen molar-refractivity contribution in [3.8, 4) is 11.5 Å². The standard InChI is InChI=1S/C23H24N2O6S/c1-14(22(27)24-16-6-7-19-20(11-16)30-9-8-29-19)31-23(28)15-10-21(26)25(13-15)17-4-3-5-18(12-17)32-2/h3-7,11-12,14-15H,8-10,13H2,1-2H3,(H,24,27)/t14-,15-/m0/s1. The summed E-state index contributed by atoms with van der Waals surface area (Å²) in [5.41, 5.74) is 1.26. The van der Waals surface area contributed by atoms with Gasteiger partial charge in [0.25, 0.3) is 5.91 Å². The van der Waals surface area contributed by atoms with Crippen LogP contribution >= 0.6 is 11.8 Å². The Bertz CT molecular complexity index is 1040. The van der Waals surface area contributed by atoms with Gasteiger partial charge in [-0.2, -0.15) is 0 Å². The highest BCUT2D eigenvalue weighted by Crippen LogP contribution is 2.33. The number of hydrogen-bond donors (Lipinski definition) is 1. The smallest absolute Gasteiger partial charge is 0.312 e. The number of anilines is 2. The van der Waals surface area contributed by atoms with Crippen molar-refractivity contribution in [2.45, 2.75) is 24.3 Å². The number of carbonyl (C=O) groups is 3. The summed E-state index contributed by atoms with van der Waals surface area (Å²) in [6, 6.07) is 12.7. The van der Waals surface area contributed by atoms with Crippen molar-refractivity contribution < 1.29 is 28.6 Å². The van der Waals surface area contributed by atoms with Crippen LogP contribution < -0.4 is 19.7 Å². The molecule has 9 heteroatoms. The van der Waals surface area contributed by atoms with Gasteiger partial charge in [0.1, 0.15) is 13.2 Å². The number of fused-ring (bicyclic) bond motifs is 1. The summed E-state index contributed by atoms with van der Waals surface area (Å²) < 4.78 is 16.3. The summed E-state index contributed by atoms with van der Waals surface area (Å²) in [5, 5.41) is 2.71. The first-order chi connectivity index (χ1) is 15.4. The first-order valence-corrected chi connectivity index (χ1v) is 11.5. The molecule has 2 aromatic rings. The molecule has 0 unspecified atom stereocenters. The van der Waals surface area contributed by atoms with Crippen molar-refractivity contribution >= 4 is 40.9 Å². The lowest BCUT2D eigenvalue weighted by Crippen LogP contribution is -2.33. The predicted octanol–water partition coefficient (Wildman–Crippen LogP) is 3.10. The molecule has 1 N–H and O–H groups in total. The van der Waals surface area contributed by atoms with E-state index >= 15 is 0 Å². The molecule has 0 saturated carbocycles. The van der Waals surface area contributed by atoms with E-state index in [1.54, 1.807) is 34.9 Å². The third-order valence-corrected chi connectivity index (χ3v) is 6.02. The molecule has 4 rings (SSSR count). The molecule has 2 amide bonds. The summed E-state index contributed by atoms with van der Waals surface area (Å²) >= 11 is 1.58. The van der Waals surface area contributed by atoms with Gasteiger partial charge in [-0.15, -0.1) is 11.8 Å². The third kappa shape index (κ3) is 4.83. The van der Waals surface area contributed by atoms with Crippen LogP contribution in [0.2, 0.25) is 0 Å². The van der Waals surface area contributed by atoms with Gasteiger partial charge < -0.3 is 24.4 Å². The molecule has 2 atom stereocenters. The number of amides is 2. The fourth-order valence-corrected chi connectivity index (χ4v) is 4.04. The van der Waals surface area contributed by atoms with E-state index in [0.29, 0.717) is 30.4 Å². The van der Waals surface area contributed by atoms with Crippen LogP contribution in [0.1, 0.15) is 13.3 Å². The van der Waals surface area contributed by atoms with Crippen LogP contribution in [0.5, 0.6) is 11.5 Å². The zero-order chi connectivity index (χ0) is 22.7. The van der Waals surface area contributed by atoms with Gasteiger partial charge in [0.2, 0.25) is 5.91 Å². The molecule has 32 heavy (non-hydrogen) atoms. The molecule has 0 aromatic heterocycles. The number of ether oxygens (including phenoxy) is 3. The Balaban J connectivity index is 1.34. The second kappa shape index (κ2) is 9.52. The van der Waals surface area contributed by atoms with E-state index in [9.17, 15) is 14.4 Å². The second-order valence-corrected chi connectivity index (χ2v) is 8.41. The Labute approximate surface area is 190 Å². The molecule has 2 aromatic carbocycles. The predicted molar refractivity (Wildman–Crippen MR) is 120 cm³/mol. The van der Waals surface area contributed by atoms with Gasteiger partial charge in [0, 0.05) is 35.3 Å².